The second kappa shape index (κ2) is 6.48. The van der Waals surface area contributed by atoms with Crippen molar-refractivity contribution >= 4 is 46.5 Å². The Morgan fingerprint density at radius 3 is 2.83 bits per heavy atom. The smallest absolute Gasteiger partial charge is 0.331 e. The van der Waals surface area contributed by atoms with Crippen LogP contribution in [0, 0.1) is 0 Å². The number of rotatable bonds is 3. The van der Waals surface area contributed by atoms with Crippen molar-refractivity contribution in [3.05, 3.63) is 52.5 Å². The average Bonchev–Trinajstić information content (AvgIpc) is 2.50. The minimum atomic E-state index is -0.405. The molecule has 0 spiro atoms. The topological polar surface area (TPSA) is 58.6 Å². The molecule has 0 bridgehead atoms. The van der Waals surface area contributed by atoms with Crippen LogP contribution in [0.25, 0.3) is 0 Å². The predicted molar refractivity (Wildman–Crippen MR) is 89.4 cm³/mol. The minimum absolute atomic E-state index is 0.00500. The van der Waals surface area contributed by atoms with E-state index < -0.39 is 5.97 Å². The van der Waals surface area contributed by atoms with E-state index in [1.807, 2.05) is 6.07 Å². The van der Waals surface area contributed by atoms with Gasteiger partial charge in [-0.25, -0.2) is 4.79 Å². The Hall–Kier alpha value is -2.24. The number of hydrogen-bond acceptors (Lipinski definition) is 4. The average molecular weight is 351 g/mol. The summed E-state index contributed by atoms with van der Waals surface area (Å²) in [6.45, 7) is 0.00265. The molecule has 0 aliphatic carbocycles. The van der Waals surface area contributed by atoms with Crippen molar-refractivity contribution in [1.29, 1.82) is 0 Å². The molecule has 0 saturated carbocycles. The molecule has 1 aliphatic rings. The molecule has 2 aromatic carbocycles. The Morgan fingerprint density at radius 1 is 1.22 bits per heavy atom. The van der Waals surface area contributed by atoms with Gasteiger partial charge in [0.2, 0.25) is 5.91 Å². The van der Waals surface area contributed by atoms with Crippen LogP contribution in [0.1, 0.15) is 0 Å². The summed E-state index contributed by atoms with van der Waals surface area (Å²) in [5, 5.41) is 3.55. The fraction of sp³-hybridized carbons (Fsp3) is 0.125. The SMILES string of the molecule is O=C(CN1CC(=O)Oc2ccccc21)Nc1cc(Cl)ccc1Cl. The Bertz CT molecular complexity index is 780. The van der Waals surface area contributed by atoms with Crippen LogP contribution in [0.5, 0.6) is 5.75 Å². The summed E-state index contributed by atoms with van der Waals surface area (Å²) < 4.78 is 5.15. The van der Waals surface area contributed by atoms with E-state index in [-0.39, 0.29) is 19.0 Å². The van der Waals surface area contributed by atoms with Crippen LogP contribution in [0.15, 0.2) is 42.5 Å². The standard InChI is InChI=1S/C16H12Cl2N2O3/c17-10-5-6-11(18)12(7-10)19-15(21)8-20-9-16(22)23-14-4-2-1-3-13(14)20/h1-7H,8-9H2,(H,19,21). The number of nitrogens with zero attached hydrogens (tertiary/aromatic N) is 1. The Kier molecular flexibility index (Phi) is 4.41. The third-order valence-corrected chi connectivity index (χ3v) is 3.85. The Balaban J connectivity index is 1.75. The van der Waals surface area contributed by atoms with Gasteiger partial charge in [-0.3, -0.25) is 4.79 Å². The fourth-order valence-corrected chi connectivity index (χ4v) is 2.63. The first-order chi connectivity index (χ1) is 11.0. The fourth-order valence-electron chi connectivity index (χ4n) is 2.30. The summed E-state index contributed by atoms with van der Waals surface area (Å²) in [5.41, 5.74) is 1.12. The lowest BCUT2D eigenvalue weighted by atomic mass is 10.2. The summed E-state index contributed by atoms with van der Waals surface area (Å²) in [5.74, 6) is -0.270. The van der Waals surface area contributed by atoms with Crippen LogP contribution in [0.3, 0.4) is 0 Å². The van der Waals surface area contributed by atoms with E-state index >= 15 is 0 Å². The van der Waals surface area contributed by atoms with Crippen molar-refractivity contribution in [2.75, 3.05) is 23.3 Å². The molecule has 2 aromatic rings. The van der Waals surface area contributed by atoms with Gasteiger partial charge in [-0.1, -0.05) is 35.3 Å². The van der Waals surface area contributed by atoms with Crippen LogP contribution in [0.4, 0.5) is 11.4 Å². The minimum Gasteiger partial charge on any atom is -0.423 e. The maximum Gasteiger partial charge on any atom is 0.331 e. The quantitative estimate of drug-likeness (QED) is 0.681. The van der Waals surface area contributed by atoms with Gasteiger partial charge in [0, 0.05) is 5.02 Å². The van der Waals surface area contributed by atoms with E-state index in [1.54, 1.807) is 41.3 Å². The van der Waals surface area contributed by atoms with E-state index in [4.69, 9.17) is 27.9 Å². The molecule has 1 aliphatic heterocycles. The summed E-state index contributed by atoms with van der Waals surface area (Å²) in [7, 11) is 0. The number of esters is 1. The summed E-state index contributed by atoms with van der Waals surface area (Å²) >= 11 is 11.9. The molecule has 0 radical (unpaired) electrons. The molecule has 3 rings (SSSR count). The summed E-state index contributed by atoms with van der Waals surface area (Å²) in [6, 6.07) is 11.9. The molecule has 1 amide bonds. The van der Waals surface area contributed by atoms with Gasteiger partial charge in [0.15, 0.2) is 5.75 Å². The number of halogens is 2. The van der Waals surface area contributed by atoms with Gasteiger partial charge in [-0.05, 0) is 30.3 Å². The number of fused-ring (bicyclic) bond motifs is 1. The first kappa shape index (κ1) is 15.6. The van der Waals surface area contributed by atoms with E-state index in [0.717, 1.165) is 0 Å². The molecule has 5 nitrogen and oxygen atoms in total. The molecule has 0 aromatic heterocycles. The molecule has 23 heavy (non-hydrogen) atoms. The number of anilines is 2. The van der Waals surface area contributed by atoms with Crippen LogP contribution < -0.4 is 15.0 Å². The van der Waals surface area contributed by atoms with Crippen molar-refractivity contribution in [2.24, 2.45) is 0 Å². The van der Waals surface area contributed by atoms with Crippen molar-refractivity contribution in [3.63, 3.8) is 0 Å². The number of amides is 1. The second-order valence-electron chi connectivity index (χ2n) is 4.97. The largest absolute Gasteiger partial charge is 0.423 e. The zero-order chi connectivity index (χ0) is 16.4. The van der Waals surface area contributed by atoms with Crippen LogP contribution in [-0.2, 0) is 9.59 Å². The highest BCUT2D eigenvalue weighted by molar-refractivity contribution is 6.35. The number of carbonyl (C=O) groups excluding carboxylic acids is 2. The molecular weight excluding hydrogens is 339 g/mol. The lowest BCUT2D eigenvalue weighted by Gasteiger charge is -2.29. The Labute approximate surface area is 142 Å². The number of benzene rings is 2. The molecule has 7 heteroatoms. The number of carbonyl (C=O) groups is 2. The molecule has 118 valence electrons. The Morgan fingerprint density at radius 2 is 2.00 bits per heavy atom. The third kappa shape index (κ3) is 3.57. The van der Waals surface area contributed by atoms with Gasteiger partial charge < -0.3 is 15.0 Å². The molecule has 1 N–H and O–H groups in total. The van der Waals surface area contributed by atoms with Crippen molar-refractivity contribution in [2.45, 2.75) is 0 Å². The second-order valence-corrected chi connectivity index (χ2v) is 5.81. The van der Waals surface area contributed by atoms with Crippen LogP contribution in [-0.4, -0.2) is 25.0 Å². The van der Waals surface area contributed by atoms with Crippen molar-refractivity contribution in [3.8, 4) is 5.75 Å². The maximum absolute atomic E-state index is 12.3. The predicted octanol–water partition coefficient (Wildman–Crippen LogP) is 3.36. The van der Waals surface area contributed by atoms with Gasteiger partial charge in [-0.2, -0.15) is 0 Å². The molecular formula is C16H12Cl2N2O3. The molecule has 0 saturated heterocycles. The monoisotopic (exact) mass is 350 g/mol. The van der Waals surface area contributed by atoms with Crippen LogP contribution >= 0.6 is 23.2 Å². The highest BCUT2D eigenvalue weighted by Gasteiger charge is 2.25. The molecule has 0 atom stereocenters. The van der Waals surface area contributed by atoms with Gasteiger partial charge in [0.1, 0.15) is 6.54 Å². The first-order valence-corrected chi connectivity index (χ1v) is 7.58. The van der Waals surface area contributed by atoms with Gasteiger partial charge in [0.25, 0.3) is 0 Å². The van der Waals surface area contributed by atoms with E-state index in [9.17, 15) is 9.59 Å². The first-order valence-electron chi connectivity index (χ1n) is 6.82. The van der Waals surface area contributed by atoms with Crippen molar-refractivity contribution < 1.29 is 14.3 Å². The molecule has 0 fully saturated rings. The van der Waals surface area contributed by atoms with Gasteiger partial charge in [-0.15, -0.1) is 0 Å². The number of nitrogens with one attached hydrogen (secondary N) is 1. The normalized spacial score (nSPS) is 13.3. The highest BCUT2D eigenvalue weighted by Crippen LogP contribution is 2.31. The maximum atomic E-state index is 12.3. The van der Waals surface area contributed by atoms with E-state index in [2.05, 4.69) is 5.32 Å². The van der Waals surface area contributed by atoms with Gasteiger partial charge in [0.05, 0.1) is 22.9 Å². The zero-order valence-corrected chi connectivity index (χ0v) is 13.4. The van der Waals surface area contributed by atoms with Gasteiger partial charge >= 0.3 is 5.97 Å². The van der Waals surface area contributed by atoms with Crippen molar-refractivity contribution in [1.82, 2.24) is 0 Å². The third-order valence-electron chi connectivity index (χ3n) is 3.29. The lowest BCUT2D eigenvalue weighted by molar-refractivity contribution is -0.133. The lowest BCUT2D eigenvalue weighted by Crippen LogP contribution is -2.41. The zero-order valence-electron chi connectivity index (χ0n) is 11.9. The number of ether oxygens (including phenoxy) is 1. The van der Waals surface area contributed by atoms with E-state index in [0.29, 0.717) is 27.2 Å². The van der Waals surface area contributed by atoms with Crippen LogP contribution in [0.2, 0.25) is 10.0 Å². The summed E-state index contributed by atoms with van der Waals surface area (Å²) in [4.78, 5) is 25.5. The number of para-hydroxylation sites is 2. The summed E-state index contributed by atoms with van der Waals surface area (Å²) in [6.07, 6.45) is 0. The highest BCUT2D eigenvalue weighted by atomic mass is 35.5. The molecule has 0 unspecified atom stereocenters. The van der Waals surface area contributed by atoms with E-state index in [1.165, 1.54) is 0 Å². The number of hydrogen-bond donors (Lipinski definition) is 1. The molecule has 1 heterocycles.